The summed E-state index contributed by atoms with van der Waals surface area (Å²) in [5.41, 5.74) is 1.32. The van der Waals surface area contributed by atoms with Gasteiger partial charge in [-0.25, -0.2) is 0 Å². The fraction of sp³-hybridized carbons (Fsp3) is 0.714. The van der Waals surface area contributed by atoms with Crippen molar-refractivity contribution in [2.24, 2.45) is 11.8 Å². The molecule has 0 N–H and O–H groups in total. The van der Waals surface area contributed by atoms with Crippen LogP contribution in [0.25, 0.3) is 0 Å². The summed E-state index contributed by atoms with van der Waals surface area (Å²) in [6.07, 6.45) is 32.6. The molecule has 1 saturated carbocycles. The predicted molar refractivity (Wildman–Crippen MR) is 164 cm³/mol. The van der Waals surface area contributed by atoms with Crippen LogP contribution in [0.2, 0.25) is 0 Å². The first-order chi connectivity index (χ1) is 19.7. The second-order valence-electron chi connectivity index (χ2n) is 11.7. The first kappa shape index (κ1) is 32.5. The molecule has 40 heavy (non-hydrogen) atoms. The summed E-state index contributed by atoms with van der Waals surface area (Å²) in [6, 6.07) is 0. The van der Waals surface area contributed by atoms with Crippen molar-refractivity contribution < 1.29 is 19.1 Å². The van der Waals surface area contributed by atoms with Gasteiger partial charge in [0.05, 0.1) is 6.54 Å². The summed E-state index contributed by atoms with van der Waals surface area (Å²) < 4.78 is 12.1. The number of carbonyl (C=O) groups excluding carboxylic acids is 2. The molecule has 1 heterocycles. The zero-order valence-electron chi connectivity index (χ0n) is 25.4. The number of imide groups is 1. The minimum Gasteiger partial charge on any atom is -0.351 e. The highest BCUT2D eigenvalue weighted by atomic mass is 16.7. The zero-order chi connectivity index (χ0) is 28.4. The highest BCUT2D eigenvalue weighted by Gasteiger charge is 2.51. The average molecular weight is 554 g/mol. The van der Waals surface area contributed by atoms with E-state index in [2.05, 4.69) is 44.2 Å². The molecule has 0 saturated heterocycles. The number of rotatable bonds is 24. The number of ether oxygens (including phenoxy) is 2. The Bertz CT molecular complexity index is 886. The molecule has 0 aromatic heterocycles. The van der Waals surface area contributed by atoms with E-state index in [1.807, 2.05) is 6.08 Å². The lowest BCUT2D eigenvalue weighted by Gasteiger charge is -2.24. The van der Waals surface area contributed by atoms with E-state index in [4.69, 9.17) is 9.47 Å². The number of fused-ring (bicyclic) bond motifs is 2. The molecule has 3 unspecified atom stereocenters. The van der Waals surface area contributed by atoms with Crippen LogP contribution in [-0.4, -0.2) is 42.8 Å². The molecule has 1 fully saturated rings. The van der Waals surface area contributed by atoms with Crippen LogP contribution < -0.4 is 0 Å². The van der Waals surface area contributed by atoms with E-state index in [9.17, 15) is 9.59 Å². The van der Waals surface area contributed by atoms with Gasteiger partial charge in [-0.05, 0) is 63.2 Å². The van der Waals surface area contributed by atoms with Crippen molar-refractivity contribution in [2.75, 3.05) is 19.8 Å². The normalized spacial score (nSPS) is 20.8. The third-order valence-corrected chi connectivity index (χ3v) is 8.24. The fourth-order valence-corrected chi connectivity index (χ4v) is 5.63. The number of hydrogen-bond donors (Lipinski definition) is 0. The van der Waals surface area contributed by atoms with Crippen molar-refractivity contribution in [1.82, 2.24) is 4.90 Å². The monoisotopic (exact) mass is 553 g/mol. The summed E-state index contributed by atoms with van der Waals surface area (Å²) in [6.45, 7) is 5.83. The van der Waals surface area contributed by atoms with Crippen LogP contribution in [0.5, 0.6) is 0 Å². The molecule has 5 nitrogen and oxygen atoms in total. The van der Waals surface area contributed by atoms with Crippen molar-refractivity contribution in [2.45, 2.75) is 129 Å². The number of amides is 2. The molecule has 3 aliphatic rings. The Hall–Kier alpha value is -1.98. The molecule has 0 aromatic rings. The molecule has 0 spiro atoms. The number of allylic oxidation sites excluding steroid dienone is 5. The van der Waals surface area contributed by atoms with E-state index >= 15 is 0 Å². The van der Waals surface area contributed by atoms with Crippen molar-refractivity contribution in [1.29, 1.82) is 0 Å². The molecule has 3 rings (SSSR count). The largest absolute Gasteiger partial charge is 0.351 e. The number of carbonyl (C=O) groups is 2. The minimum atomic E-state index is -0.548. The van der Waals surface area contributed by atoms with Gasteiger partial charge in [-0.3, -0.25) is 14.5 Å². The van der Waals surface area contributed by atoms with Crippen LogP contribution in [0.1, 0.15) is 123 Å². The molecule has 0 aromatic carbocycles. The quantitative estimate of drug-likeness (QED) is 0.0520. The minimum absolute atomic E-state index is 0.131. The van der Waals surface area contributed by atoms with Crippen molar-refractivity contribution in [3.8, 4) is 0 Å². The highest BCUT2D eigenvalue weighted by Crippen LogP contribution is 2.51. The van der Waals surface area contributed by atoms with Crippen LogP contribution in [0, 0.1) is 11.8 Å². The maximum atomic E-state index is 13.1. The van der Waals surface area contributed by atoms with Crippen LogP contribution in [0.4, 0.5) is 0 Å². The van der Waals surface area contributed by atoms with E-state index in [0.29, 0.717) is 24.7 Å². The van der Waals surface area contributed by atoms with E-state index in [1.165, 1.54) is 75.5 Å². The van der Waals surface area contributed by atoms with E-state index < -0.39 is 6.29 Å². The summed E-state index contributed by atoms with van der Waals surface area (Å²) in [5, 5.41) is 0. The molecule has 2 amide bonds. The van der Waals surface area contributed by atoms with Gasteiger partial charge in [0, 0.05) is 24.4 Å². The summed E-state index contributed by atoms with van der Waals surface area (Å²) in [7, 11) is 0. The summed E-state index contributed by atoms with van der Waals surface area (Å²) >= 11 is 0. The van der Waals surface area contributed by atoms with Crippen LogP contribution in [0.15, 0.2) is 47.6 Å². The molecule has 0 bridgehead atoms. The molecule has 0 radical (unpaired) electrons. The van der Waals surface area contributed by atoms with Crippen molar-refractivity contribution >= 4 is 11.8 Å². The number of hydrogen-bond acceptors (Lipinski definition) is 4. The van der Waals surface area contributed by atoms with Crippen molar-refractivity contribution in [3.05, 3.63) is 47.6 Å². The van der Waals surface area contributed by atoms with E-state index in [1.54, 1.807) is 0 Å². The average Bonchev–Trinajstić information content (AvgIpc) is 3.71. The van der Waals surface area contributed by atoms with Gasteiger partial charge in [0.1, 0.15) is 0 Å². The number of nitrogens with zero attached hydrogens (tertiary/aromatic N) is 1. The van der Waals surface area contributed by atoms with Crippen molar-refractivity contribution in [3.63, 3.8) is 0 Å². The summed E-state index contributed by atoms with van der Waals surface area (Å²) in [4.78, 5) is 27.4. The third-order valence-electron chi connectivity index (χ3n) is 8.24. The van der Waals surface area contributed by atoms with Crippen LogP contribution >= 0.6 is 0 Å². The Labute approximate surface area is 244 Å². The second-order valence-corrected chi connectivity index (χ2v) is 11.7. The Morgan fingerprint density at radius 2 is 1.35 bits per heavy atom. The second kappa shape index (κ2) is 19.2. The van der Waals surface area contributed by atoms with Gasteiger partial charge in [-0.15, -0.1) is 0 Å². The Morgan fingerprint density at radius 3 is 2.02 bits per heavy atom. The van der Waals surface area contributed by atoms with Gasteiger partial charge in [0.25, 0.3) is 11.8 Å². The smallest absolute Gasteiger partial charge is 0.261 e. The predicted octanol–water partition coefficient (Wildman–Crippen LogP) is 8.61. The van der Waals surface area contributed by atoms with Crippen LogP contribution in [-0.2, 0) is 19.1 Å². The molecule has 2 aliphatic carbocycles. The standard InChI is InChI=1S/C35H55NO4/c1-3-5-7-9-10-11-12-13-14-15-16-17-18-19-20-22-26-40-32(39-25-21-8-6-4-2)28-36-34(37)30-24-23-29-27-31(29)33(30)35(36)38/h10-11,13-14,23-24,29,31-32H,3-9,12,15-22,25-28H2,1-2H3/b11-10-,14-13-. The molecule has 3 atom stereocenters. The van der Waals surface area contributed by atoms with E-state index in [0.717, 1.165) is 44.1 Å². The maximum absolute atomic E-state index is 13.1. The third kappa shape index (κ3) is 11.1. The fourth-order valence-electron chi connectivity index (χ4n) is 5.63. The topological polar surface area (TPSA) is 55.8 Å². The first-order valence-electron chi connectivity index (χ1n) is 16.5. The van der Waals surface area contributed by atoms with Gasteiger partial charge < -0.3 is 9.47 Å². The zero-order valence-corrected chi connectivity index (χ0v) is 25.4. The van der Waals surface area contributed by atoms with Crippen LogP contribution in [0.3, 0.4) is 0 Å². The SMILES string of the molecule is CCCCC/C=C\C/C=C\CCCCCCCCOC(CN1C(=O)C2=C(C1=O)C1CC1C=C2)OCCCCCC. The lowest BCUT2D eigenvalue weighted by Crippen LogP contribution is -2.40. The van der Waals surface area contributed by atoms with E-state index in [-0.39, 0.29) is 24.3 Å². The molecular formula is C35H55NO4. The maximum Gasteiger partial charge on any atom is 0.261 e. The Morgan fingerprint density at radius 1 is 0.775 bits per heavy atom. The van der Waals surface area contributed by atoms with Gasteiger partial charge in [-0.1, -0.05) is 108 Å². The molecular weight excluding hydrogens is 498 g/mol. The Balaban J connectivity index is 1.26. The van der Waals surface area contributed by atoms with Gasteiger partial charge in [-0.2, -0.15) is 0 Å². The lowest BCUT2D eigenvalue weighted by atomic mass is 9.99. The highest BCUT2D eigenvalue weighted by molar-refractivity contribution is 6.21. The summed E-state index contributed by atoms with van der Waals surface area (Å²) in [5.74, 6) is 0.377. The van der Waals surface area contributed by atoms with Gasteiger partial charge in [0.2, 0.25) is 0 Å². The molecule has 5 heteroatoms. The Kier molecular flexibility index (Phi) is 15.6. The van der Waals surface area contributed by atoms with Gasteiger partial charge in [0.15, 0.2) is 6.29 Å². The van der Waals surface area contributed by atoms with Gasteiger partial charge >= 0.3 is 0 Å². The molecule has 224 valence electrons. The number of unbranched alkanes of at least 4 members (excludes halogenated alkanes) is 12. The first-order valence-corrected chi connectivity index (χ1v) is 16.5. The molecule has 1 aliphatic heterocycles. The lowest BCUT2D eigenvalue weighted by molar-refractivity contribution is -0.165.